The number of nitrogens with one attached hydrogen (secondary N) is 2. The Balaban J connectivity index is 1.41. The predicted molar refractivity (Wildman–Crippen MR) is 124 cm³/mol. The highest BCUT2D eigenvalue weighted by atomic mass is 35.5. The molecule has 31 heavy (non-hydrogen) atoms. The van der Waals surface area contributed by atoms with E-state index in [1.54, 1.807) is 24.3 Å². The molecule has 0 aromatic heterocycles. The third-order valence-corrected chi connectivity index (χ3v) is 7.07. The fourth-order valence-corrected chi connectivity index (χ4v) is 4.80. The van der Waals surface area contributed by atoms with Gasteiger partial charge in [0, 0.05) is 23.7 Å². The van der Waals surface area contributed by atoms with Crippen molar-refractivity contribution in [1.82, 2.24) is 5.32 Å². The molecular formula is C24H25ClN2O3S. The number of fused-ring (bicyclic) bond motifs is 1. The van der Waals surface area contributed by atoms with Crippen LogP contribution in [0, 0.1) is 0 Å². The summed E-state index contributed by atoms with van der Waals surface area (Å²) in [7, 11) is -3.70. The van der Waals surface area contributed by atoms with E-state index in [1.165, 1.54) is 17.7 Å². The second-order valence-electron chi connectivity index (χ2n) is 7.70. The molecule has 3 aromatic carbocycles. The van der Waals surface area contributed by atoms with Gasteiger partial charge in [0.05, 0.1) is 10.6 Å². The molecule has 1 aliphatic heterocycles. The van der Waals surface area contributed by atoms with Gasteiger partial charge in [-0.1, -0.05) is 48.0 Å². The zero-order valence-corrected chi connectivity index (χ0v) is 18.8. The maximum absolute atomic E-state index is 12.7. The average molecular weight is 457 g/mol. The highest BCUT2D eigenvalue weighted by Crippen LogP contribution is 2.31. The molecule has 0 bridgehead atoms. The number of anilines is 1. The minimum Gasteiger partial charge on any atom is -0.489 e. The van der Waals surface area contributed by atoms with Gasteiger partial charge in [-0.15, -0.1) is 0 Å². The predicted octanol–water partition coefficient (Wildman–Crippen LogP) is 5.19. The van der Waals surface area contributed by atoms with Crippen molar-refractivity contribution in [3.8, 4) is 5.75 Å². The molecule has 2 N–H and O–H groups in total. The Labute approximate surface area is 188 Å². The molecule has 5 nitrogen and oxygen atoms in total. The largest absolute Gasteiger partial charge is 0.489 e. The van der Waals surface area contributed by atoms with Crippen molar-refractivity contribution in [2.24, 2.45) is 0 Å². The van der Waals surface area contributed by atoms with Crippen molar-refractivity contribution >= 4 is 27.3 Å². The van der Waals surface area contributed by atoms with Gasteiger partial charge in [0.15, 0.2) is 0 Å². The van der Waals surface area contributed by atoms with E-state index in [2.05, 4.69) is 29.1 Å². The van der Waals surface area contributed by atoms with Crippen molar-refractivity contribution in [1.29, 1.82) is 0 Å². The van der Waals surface area contributed by atoms with Gasteiger partial charge in [-0.2, -0.15) is 0 Å². The molecule has 1 unspecified atom stereocenters. The maximum Gasteiger partial charge on any atom is 0.261 e. The molecular weight excluding hydrogens is 432 g/mol. The Morgan fingerprint density at radius 3 is 2.55 bits per heavy atom. The lowest BCUT2D eigenvalue weighted by Gasteiger charge is -2.28. The van der Waals surface area contributed by atoms with Gasteiger partial charge >= 0.3 is 0 Å². The van der Waals surface area contributed by atoms with Crippen LogP contribution in [-0.2, 0) is 16.4 Å². The van der Waals surface area contributed by atoms with Crippen LogP contribution in [0.3, 0.4) is 0 Å². The van der Waals surface area contributed by atoms with Gasteiger partial charge < -0.3 is 10.1 Å². The highest BCUT2D eigenvalue weighted by molar-refractivity contribution is 7.92. The molecule has 2 atom stereocenters. The number of halogens is 1. The second kappa shape index (κ2) is 9.30. The van der Waals surface area contributed by atoms with Gasteiger partial charge in [0.25, 0.3) is 10.0 Å². The van der Waals surface area contributed by atoms with Crippen LogP contribution in [0.5, 0.6) is 5.75 Å². The topological polar surface area (TPSA) is 67.4 Å². The van der Waals surface area contributed by atoms with Gasteiger partial charge in [-0.25, -0.2) is 8.42 Å². The van der Waals surface area contributed by atoms with Crippen molar-refractivity contribution in [3.63, 3.8) is 0 Å². The van der Waals surface area contributed by atoms with E-state index in [0.717, 1.165) is 30.7 Å². The normalized spacial score (nSPS) is 16.8. The smallest absolute Gasteiger partial charge is 0.261 e. The number of hydrogen-bond donors (Lipinski definition) is 2. The zero-order valence-electron chi connectivity index (χ0n) is 17.2. The molecule has 0 radical (unpaired) electrons. The van der Waals surface area contributed by atoms with E-state index in [-0.39, 0.29) is 17.0 Å². The lowest BCUT2D eigenvalue weighted by molar-refractivity contribution is 0.167. The average Bonchev–Trinajstić information content (AvgIpc) is 2.78. The van der Waals surface area contributed by atoms with Crippen LogP contribution in [0.25, 0.3) is 0 Å². The van der Waals surface area contributed by atoms with E-state index in [4.69, 9.17) is 16.3 Å². The van der Waals surface area contributed by atoms with Gasteiger partial charge in [-0.05, 0) is 61.2 Å². The number of sulfonamides is 1. The molecule has 0 saturated heterocycles. The van der Waals surface area contributed by atoms with Crippen LogP contribution in [-0.4, -0.2) is 21.1 Å². The summed E-state index contributed by atoms with van der Waals surface area (Å²) < 4.78 is 34.1. The quantitative estimate of drug-likeness (QED) is 0.513. The first-order valence-corrected chi connectivity index (χ1v) is 12.1. The first-order valence-electron chi connectivity index (χ1n) is 10.3. The monoisotopic (exact) mass is 456 g/mol. The fourth-order valence-electron chi connectivity index (χ4n) is 3.63. The number of ether oxygens (including phenoxy) is 1. The summed E-state index contributed by atoms with van der Waals surface area (Å²) in [6.45, 7) is 2.85. The summed E-state index contributed by atoms with van der Waals surface area (Å²) >= 11 is 5.86. The third kappa shape index (κ3) is 5.39. The molecule has 0 aliphatic carbocycles. The molecule has 0 fully saturated rings. The minimum absolute atomic E-state index is 0.0294. The van der Waals surface area contributed by atoms with Crippen LogP contribution in [0.15, 0.2) is 77.7 Å². The van der Waals surface area contributed by atoms with Gasteiger partial charge in [0.1, 0.15) is 11.9 Å². The zero-order chi connectivity index (χ0) is 21.8. The van der Waals surface area contributed by atoms with Crippen LogP contribution >= 0.6 is 11.6 Å². The summed E-state index contributed by atoms with van der Waals surface area (Å²) in [6.07, 6.45) is 1.84. The first-order chi connectivity index (χ1) is 14.9. The van der Waals surface area contributed by atoms with Crippen LogP contribution in [0.1, 0.15) is 30.5 Å². The lowest BCUT2D eigenvalue weighted by Crippen LogP contribution is -2.35. The van der Waals surface area contributed by atoms with Crippen molar-refractivity contribution in [3.05, 3.63) is 88.9 Å². The first kappa shape index (κ1) is 21.7. The van der Waals surface area contributed by atoms with Crippen LogP contribution in [0.4, 0.5) is 5.69 Å². The van der Waals surface area contributed by atoms with Crippen molar-refractivity contribution in [2.75, 3.05) is 11.3 Å². The Hall–Kier alpha value is -2.54. The van der Waals surface area contributed by atoms with E-state index in [0.29, 0.717) is 10.7 Å². The Morgan fingerprint density at radius 2 is 1.81 bits per heavy atom. The number of rotatable bonds is 7. The number of benzene rings is 3. The van der Waals surface area contributed by atoms with E-state index < -0.39 is 10.0 Å². The Kier molecular flexibility index (Phi) is 6.51. The summed E-state index contributed by atoms with van der Waals surface area (Å²) in [4.78, 5) is 0.160. The maximum atomic E-state index is 12.7. The summed E-state index contributed by atoms with van der Waals surface area (Å²) in [5, 5.41) is 4.02. The van der Waals surface area contributed by atoms with Crippen molar-refractivity contribution < 1.29 is 13.2 Å². The fraction of sp³-hybridized carbons (Fsp3) is 0.250. The lowest BCUT2D eigenvalue weighted by atomic mass is 10.0. The summed E-state index contributed by atoms with van der Waals surface area (Å²) in [6, 6.07) is 22.0. The molecule has 7 heteroatoms. The SMILES string of the molecule is C[C@@H](NCC1CCc2ccc(NS(=O)(=O)c3ccc(Cl)cc3)cc2O1)c1ccccc1. The Bertz CT molecular complexity index is 1140. The summed E-state index contributed by atoms with van der Waals surface area (Å²) in [5.41, 5.74) is 2.79. The Morgan fingerprint density at radius 1 is 1.06 bits per heavy atom. The highest BCUT2D eigenvalue weighted by Gasteiger charge is 2.22. The molecule has 3 aromatic rings. The standard InChI is InChI=1S/C24H25ClN2O3S/c1-17(18-5-3-2-4-6-18)26-16-22-12-8-19-7-11-21(15-24(19)30-22)27-31(28,29)23-13-9-20(25)10-14-23/h2-7,9-11,13-15,17,22,26-27H,8,12,16H2,1H3/t17-,22?/m1/s1. The van der Waals surface area contributed by atoms with E-state index in [1.807, 2.05) is 24.3 Å². The van der Waals surface area contributed by atoms with Gasteiger partial charge in [-0.3, -0.25) is 4.72 Å². The minimum atomic E-state index is -3.70. The van der Waals surface area contributed by atoms with Crippen LogP contribution < -0.4 is 14.8 Å². The molecule has 4 rings (SSSR count). The second-order valence-corrected chi connectivity index (χ2v) is 9.82. The molecule has 0 saturated carbocycles. The molecule has 162 valence electrons. The van der Waals surface area contributed by atoms with E-state index in [9.17, 15) is 8.42 Å². The molecule has 1 heterocycles. The molecule has 0 spiro atoms. The van der Waals surface area contributed by atoms with Gasteiger partial charge in [0.2, 0.25) is 0 Å². The third-order valence-electron chi connectivity index (χ3n) is 5.42. The van der Waals surface area contributed by atoms with Crippen LogP contribution in [0.2, 0.25) is 5.02 Å². The molecule has 0 amide bonds. The number of hydrogen-bond acceptors (Lipinski definition) is 4. The molecule has 1 aliphatic rings. The summed E-state index contributed by atoms with van der Waals surface area (Å²) in [5.74, 6) is 0.724. The van der Waals surface area contributed by atoms with Crippen molar-refractivity contribution in [2.45, 2.75) is 36.8 Å². The number of aryl methyl sites for hydroxylation is 1. The van der Waals surface area contributed by atoms with E-state index >= 15 is 0 Å².